The van der Waals surface area contributed by atoms with E-state index >= 15 is 0 Å². The first-order chi connectivity index (χ1) is 10.7. The van der Waals surface area contributed by atoms with E-state index in [-0.39, 0.29) is 5.91 Å². The molecule has 0 saturated carbocycles. The Bertz CT molecular complexity index is 623. The smallest absolute Gasteiger partial charge is 0.242 e. The van der Waals surface area contributed by atoms with Crippen LogP contribution >= 0.6 is 0 Å². The Labute approximate surface area is 131 Å². The van der Waals surface area contributed by atoms with Crippen LogP contribution in [0.1, 0.15) is 12.0 Å². The predicted molar refractivity (Wildman–Crippen MR) is 86.8 cm³/mol. The lowest BCUT2D eigenvalue weighted by Crippen LogP contribution is -2.37. The number of anilines is 1. The quantitative estimate of drug-likeness (QED) is 0.869. The lowest BCUT2D eigenvalue weighted by Gasteiger charge is -2.25. The molecule has 0 spiro atoms. The fourth-order valence-electron chi connectivity index (χ4n) is 2.96. The summed E-state index contributed by atoms with van der Waals surface area (Å²) in [5.74, 6) is 0.199. The van der Waals surface area contributed by atoms with Gasteiger partial charge in [0.25, 0.3) is 0 Å². The third-order valence-electron chi connectivity index (χ3n) is 4.16. The number of rotatable bonds is 3. The molecule has 0 bridgehead atoms. The molecule has 22 heavy (non-hydrogen) atoms. The minimum absolute atomic E-state index is 0.199. The summed E-state index contributed by atoms with van der Waals surface area (Å²) in [4.78, 5) is 20.9. The van der Waals surface area contributed by atoms with Crippen molar-refractivity contribution in [1.82, 2.24) is 14.5 Å². The predicted octanol–water partition coefficient (Wildman–Crippen LogP) is 1.93. The van der Waals surface area contributed by atoms with Gasteiger partial charge in [0.1, 0.15) is 6.54 Å². The number of carbonyl (C=O) groups excluding carboxylic acids is 1. The van der Waals surface area contributed by atoms with Crippen molar-refractivity contribution in [3.05, 3.63) is 48.5 Å². The maximum Gasteiger partial charge on any atom is 0.242 e. The number of amides is 1. The summed E-state index contributed by atoms with van der Waals surface area (Å²) in [5.41, 5.74) is 2.42. The van der Waals surface area contributed by atoms with Gasteiger partial charge in [0.2, 0.25) is 5.91 Å². The van der Waals surface area contributed by atoms with Gasteiger partial charge in [-0.25, -0.2) is 0 Å². The van der Waals surface area contributed by atoms with Crippen LogP contribution in [0.15, 0.2) is 43.0 Å². The van der Waals surface area contributed by atoms with Crippen LogP contribution in [0.4, 0.5) is 5.69 Å². The number of carbonyl (C=O) groups is 1. The second kappa shape index (κ2) is 6.64. The number of nitrogens with zero attached hydrogens (tertiary/aromatic N) is 4. The molecule has 1 fully saturated rings. The van der Waals surface area contributed by atoms with Crippen molar-refractivity contribution in [2.75, 3.05) is 31.1 Å². The van der Waals surface area contributed by atoms with Crippen LogP contribution in [0, 0.1) is 6.92 Å². The summed E-state index contributed by atoms with van der Waals surface area (Å²) < 4.78 is 1.93. The van der Waals surface area contributed by atoms with Crippen molar-refractivity contribution in [3.8, 4) is 0 Å². The molecule has 1 saturated heterocycles. The Hall–Kier alpha value is -2.30. The van der Waals surface area contributed by atoms with Crippen LogP contribution in [-0.2, 0) is 11.3 Å². The van der Waals surface area contributed by atoms with Crippen LogP contribution in [0.5, 0.6) is 0 Å². The van der Waals surface area contributed by atoms with Gasteiger partial charge in [-0.2, -0.15) is 0 Å². The highest BCUT2D eigenvalue weighted by Crippen LogP contribution is 2.20. The Morgan fingerprint density at radius 2 is 2.00 bits per heavy atom. The van der Waals surface area contributed by atoms with Crippen molar-refractivity contribution in [1.29, 1.82) is 0 Å². The summed E-state index contributed by atoms with van der Waals surface area (Å²) in [6.07, 6.45) is 8.60. The number of aryl methyl sites for hydroxylation is 1. The van der Waals surface area contributed by atoms with E-state index in [9.17, 15) is 4.79 Å². The zero-order valence-corrected chi connectivity index (χ0v) is 13.0. The Kier molecular flexibility index (Phi) is 4.42. The third-order valence-corrected chi connectivity index (χ3v) is 4.16. The molecule has 0 radical (unpaired) electrons. The highest BCUT2D eigenvalue weighted by Gasteiger charge is 2.20. The van der Waals surface area contributed by atoms with Gasteiger partial charge < -0.3 is 14.4 Å². The van der Waals surface area contributed by atoms with Crippen molar-refractivity contribution >= 4 is 11.6 Å². The first kappa shape index (κ1) is 14.6. The second-order valence-corrected chi connectivity index (χ2v) is 5.74. The fourth-order valence-corrected chi connectivity index (χ4v) is 2.96. The van der Waals surface area contributed by atoms with E-state index in [1.165, 1.54) is 11.3 Å². The summed E-state index contributed by atoms with van der Waals surface area (Å²) >= 11 is 0. The van der Waals surface area contributed by atoms with Gasteiger partial charge in [-0.05, 0) is 37.1 Å². The van der Waals surface area contributed by atoms with E-state index in [4.69, 9.17) is 0 Å². The van der Waals surface area contributed by atoms with Gasteiger partial charge in [-0.3, -0.25) is 9.78 Å². The SMILES string of the molecule is Cc1cnccc1N1CCCN(C(=O)Cn2cccc2)CC1. The van der Waals surface area contributed by atoms with Crippen molar-refractivity contribution in [3.63, 3.8) is 0 Å². The number of hydrogen-bond donors (Lipinski definition) is 0. The monoisotopic (exact) mass is 298 g/mol. The van der Waals surface area contributed by atoms with Crippen LogP contribution in [0.3, 0.4) is 0 Å². The lowest BCUT2D eigenvalue weighted by atomic mass is 10.2. The highest BCUT2D eigenvalue weighted by atomic mass is 16.2. The summed E-state index contributed by atoms with van der Waals surface area (Å²) in [5, 5.41) is 0. The fraction of sp³-hybridized carbons (Fsp3) is 0.412. The molecule has 5 nitrogen and oxygen atoms in total. The van der Waals surface area contributed by atoms with Crippen LogP contribution in [0.2, 0.25) is 0 Å². The van der Waals surface area contributed by atoms with Crippen LogP contribution in [0.25, 0.3) is 0 Å². The lowest BCUT2D eigenvalue weighted by molar-refractivity contribution is -0.131. The second-order valence-electron chi connectivity index (χ2n) is 5.74. The molecule has 0 N–H and O–H groups in total. The minimum Gasteiger partial charge on any atom is -0.369 e. The number of hydrogen-bond acceptors (Lipinski definition) is 3. The first-order valence-corrected chi connectivity index (χ1v) is 7.78. The zero-order valence-electron chi connectivity index (χ0n) is 13.0. The largest absolute Gasteiger partial charge is 0.369 e. The van der Waals surface area contributed by atoms with E-state index in [1.54, 1.807) is 0 Å². The molecular weight excluding hydrogens is 276 g/mol. The van der Waals surface area contributed by atoms with Crippen LogP contribution < -0.4 is 4.90 Å². The molecule has 0 atom stereocenters. The van der Waals surface area contributed by atoms with Gasteiger partial charge >= 0.3 is 0 Å². The molecule has 116 valence electrons. The standard InChI is InChI=1S/C17H22N4O/c1-15-13-18-6-5-16(15)20-9-4-10-21(12-11-20)17(22)14-19-7-2-3-8-19/h2-3,5-8,13H,4,9-12,14H2,1H3. The minimum atomic E-state index is 0.199. The van der Waals surface area contributed by atoms with Crippen molar-refractivity contribution < 1.29 is 4.79 Å². The Morgan fingerprint density at radius 3 is 2.77 bits per heavy atom. The molecule has 2 aromatic rings. The maximum atomic E-state index is 12.4. The van der Waals surface area contributed by atoms with Crippen molar-refractivity contribution in [2.45, 2.75) is 19.9 Å². The molecule has 1 amide bonds. The van der Waals surface area contributed by atoms with Gasteiger partial charge in [0.05, 0.1) is 0 Å². The Morgan fingerprint density at radius 1 is 1.18 bits per heavy atom. The van der Waals surface area contributed by atoms with Gasteiger partial charge in [-0.15, -0.1) is 0 Å². The molecule has 3 rings (SSSR count). The summed E-state index contributed by atoms with van der Waals surface area (Å²) in [7, 11) is 0. The third kappa shape index (κ3) is 3.30. The normalized spacial score (nSPS) is 15.7. The van der Waals surface area contributed by atoms with Gasteiger partial charge in [0, 0.05) is 56.7 Å². The zero-order chi connectivity index (χ0) is 15.4. The molecule has 1 aliphatic heterocycles. The topological polar surface area (TPSA) is 41.4 Å². The van der Waals surface area contributed by atoms with Crippen molar-refractivity contribution in [2.24, 2.45) is 0 Å². The average molecular weight is 298 g/mol. The maximum absolute atomic E-state index is 12.4. The van der Waals surface area contributed by atoms with Crippen LogP contribution in [-0.4, -0.2) is 46.5 Å². The number of pyridine rings is 1. The first-order valence-electron chi connectivity index (χ1n) is 7.78. The molecule has 1 aliphatic rings. The molecule has 5 heteroatoms. The highest BCUT2D eigenvalue weighted by molar-refractivity contribution is 5.76. The molecule has 2 aromatic heterocycles. The van der Waals surface area contributed by atoms with E-state index in [2.05, 4.69) is 22.9 Å². The van der Waals surface area contributed by atoms with Gasteiger partial charge in [0.15, 0.2) is 0 Å². The average Bonchev–Trinajstić information content (AvgIpc) is 2.90. The molecule has 3 heterocycles. The summed E-state index contributed by atoms with van der Waals surface area (Å²) in [6.45, 7) is 5.99. The number of aromatic nitrogens is 2. The van der Waals surface area contributed by atoms with Gasteiger partial charge in [-0.1, -0.05) is 0 Å². The van der Waals surface area contributed by atoms with E-state index in [1.807, 2.05) is 46.4 Å². The molecule has 0 aliphatic carbocycles. The van der Waals surface area contributed by atoms with E-state index in [0.717, 1.165) is 32.6 Å². The molecule has 0 aromatic carbocycles. The Balaban J connectivity index is 1.62. The molecule has 0 unspecified atom stereocenters. The molecular formula is C17H22N4O. The summed E-state index contributed by atoms with van der Waals surface area (Å²) in [6, 6.07) is 5.96. The van der Waals surface area contributed by atoms with E-state index < -0.39 is 0 Å². The van der Waals surface area contributed by atoms with E-state index in [0.29, 0.717) is 6.54 Å².